The van der Waals surface area contributed by atoms with Crippen molar-refractivity contribution < 1.29 is 0 Å². The van der Waals surface area contributed by atoms with Crippen LogP contribution in [-0.4, -0.2) is 6.21 Å². The molecule has 1 atom stereocenters. The van der Waals surface area contributed by atoms with Crippen molar-refractivity contribution >= 4 is 6.21 Å². The molecule has 1 unspecified atom stereocenters. The van der Waals surface area contributed by atoms with E-state index in [0.717, 1.165) is 32.1 Å². The third-order valence-corrected chi connectivity index (χ3v) is 3.37. The Bertz CT molecular complexity index is 468. The molecule has 0 bridgehead atoms. The Morgan fingerprint density at radius 1 is 0.947 bits per heavy atom. The number of nitrogens with zero attached hydrogens (tertiary/aromatic N) is 1. The van der Waals surface area contributed by atoms with Gasteiger partial charge >= 0.3 is 0 Å². The summed E-state index contributed by atoms with van der Waals surface area (Å²) in [6.07, 6.45) is 16.6. The topological polar surface area (TPSA) is 12.4 Å². The molecule has 0 spiro atoms. The van der Waals surface area contributed by atoms with Gasteiger partial charge in [0, 0.05) is 0 Å². The van der Waals surface area contributed by atoms with Crippen LogP contribution in [0.4, 0.5) is 0 Å². The smallest absolute Gasteiger partial charge is 0.0779 e. The van der Waals surface area contributed by atoms with Gasteiger partial charge in [0.25, 0.3) is 0 Å². The molecule has 1 aliphatic heterocycles. The monoisotopic (exact) mass is 253 g/mol. The van der Waals surface area contributed by atoms with Crippen molar-refractivity contribution in [3.63, 3.8) is 0 Å². The second kappa shape index (κ2) is 7.73. The minimum Gasteiger partial charge on any atom is -0.289 e. The summed E-state index contributed by atoms with van der Waals surface area (Å²) in [5, 5.41) is 0. The van der Waals surface area contributed by atoms with E-state index in [-0.39, 0.29) is 6.04 Å². The fourth-order valence-corrected chi connectivity index (χ4v) is 2.30. The van der Waals surface area contributed by atoms with Gasteiger partial charge in [-0.3, -0.25) is 4.99 Å². The average Bonchev–Trinajstić information content (AvgIpc) is 2.39. The summed E-state index contributed by atoms with van der Waals surface area (Å²) in [5.41, 5.74) is 2.64. The zero-order valence-corrected chi connectivity index (χ0v) is 11.8. The van der Waals surface area contributed by atoms with E-state index in [1.807, 2.05) is 0 Å². The van der Waals surface area contributed by atoms with Gasteiger partial charge in [0.1, 0.15) is 0 Å². The molecule has 1 aliphatic rings. The molecule has 0 saturated carbocycles. The van der Waals surface area contributed by atoms with Crippen LogP contribution < -0.4 is 0 Å². The SMILES string of the molecule is Cc1cccc(C2CC=CCCC=CCCC=N2)c1. The van der Waals surface area contributed by atoms with Crippen molar-refractivity contribution in [3.05, 3.63) is 59.7 Å². The van der Waals surface area contributed by atoms with E-state index in [9.17, 15) is 0 Å². The minimum absolute atomic E-state index is 0.277. The van der Waals surface area contributed by atoms with Gasteiger partial charge in [0.2, 0.25) is 0 Å². The summed E-state index contributed by atoms with van der Waals surface area (Å²) in [7, 11) is 0. The number of hydrogen-bond acceptors (Lipinski definition) is 1. The highest BCUT2D eigenvalue weighted by Crippen LogP contribution is 2.23. The third kappa shape index (κ3) is 4.86. The Morgan fingerprint density at radius 3 is 2.47 bits per heavy atom. The summed E-state index contributed by atoms with van der Waals surface area (Å²) in [5.74, 6) is 0. The normalized spacial score (nSPS) is 20.8. The summed E-state index contributed by atoms with van der Waals surface area (Å²) < 4.78 is 0. The average molecular weight is 253 g/mol. The van der Waals surface area contributed by atoms with E-state index in [1.165, 1.54) is 11.1 Å². The molecule has 0 radical (unpaired) electrons. The van der Waals surface area contributed by atoms with E-state index in [2.05, 4.69) is 61.7 Å². The van der Waals surface area contributed by atoms with Crippen molar-refractivity contribution in [1.29, 1.82) is 0 Å². The zero-order valence-electron chi connectivity index (χ0n) is 11.8. The van der Waals surface area contributed by atoms with Gasteiger partial charge in [-0.05, 0) is 50.8 Å². The lowest BCUT2D eigenvalue weighted by Crippen LogP contribution is -1.96. The van der Waals surface area contributed by atoms with Crippen molar-refractivity contribution in [2.24, 2.45) is 4.99 Å². The lowest BCUT2D eigenvalue weighted by Gasteiger charge is -2.11. The predicted molar refractivity (Wildman–Crippen MR) is 83.8 cm³/mol. The van der Waals surface area contributed by atoms with Crippen LogP contribution in [0.1, 0.15) is 49.3 Å². The van der Waals surface area contributed by atoms with Crippen molar-refractivity contribution in [2.45, 2.75) is 45.1 Å². The predicted octanol–water partition coefficient (Wildman–Crippen LogP) is 5.18. The van der Waals surface area contributed by atoms with Crippen molar-refractivity contribution in [3.8, 4) is 0 Å². The van der Waals surface area contributed by atoms with Crippen LogP contribution in [0, 0.1) is 6.92 Å². The number of hydrogen-bond donors (Lipinski definition) is 0. The Balaban J connectivity index is 2.13. The Kier molecular flexibility index (Phi) is 5.61. The zero-order chi connectivity index (χ0) is 13.3. The van der Waals surface area contributed by atoms with Crippen LogP contribution in [0.15, 0.2) is 53.6 Å². The van der Waals surface area contributed by atoms with Crippen LogP contribution in [0.25, 0.3) is 0 Å². The number of aliphatic imine (C=N–C) groups is 1. The maximum atomic E-state index is 4.76. The second-order valence-electron chi connectivity index (χ2n) is 5.09. The van der Waals surface area contributed by atoms with E-state index < -0.39 is 0 Å². The number of aryl methyl sites for hydroxylation is 1. The third-order valence-electron chi connectivity index (χ3n) is 3.37. The van der Waals surface area contributed by atoms with Gasteiger partial charge in [-0.15, -0.1) is 0 Å². The molecular formula is C18H23N. The van der Waals surface area contributed by atoms with Crippen molar-refractivity contribution in [1.82, 2.24) is 0 Å². The maximum Gasteiger partial charge on any atom is 0.0779 e. The van der Waals surface area contributed by atoms with Crippen LogP contribution in [0.2, 0.25) is 0 Å². The van der Waals surface area contributed by atoms with Gasteiger partial charge < -0.3 is 0 Å². The summed E-state index contributed by atoms with van der Waals surface area (Å²) in [6.45, 7) is 2.14. The molecule has 1 aromatic carbocycles. The summed E-state index contributed by atoms with van der Waals surface area (Å²) in [6, 6.07) is 8.99. The lowest BCUT2D eigenvalue weighted by molar-refractivity contribution is 0.739. The highest BCUT2D eigenvalue weighted by Gasteiger charge is 2.07. The first kappa shape index (κ1) is 13.8. The Morgan fingerprint density at radius 2 is 1.68 bits per heavy atom. The summed E-state index contributed by atoms with van der Waals surface area (Å²) >= 11 is 0. The molecule has 1 heteroatoms. The fraction of sp³-hybridized carbons (Fsp3) is 0.389. The molecule has 0 aliphatic carbocycles. The standard InChI is InChI=1S/C18H23N/c1-16-11-10-12-17(15-16)18-13-8-6-4-2-3-5-7-9-14-19-18/h3,5-6,8,10-12,14-15,18H,2,4,7,9,13H2,1H3. The van der Waals surface area contributed by atoms with Crippen LogP contribution >= 0.6 is 0 Å². The van der Waals surface area contributed by atoms with Crippen molar-refractivity contribution in [2.75, 3.05) is 0 Å². The quantitative estimate of drug-likeness (QED) is 0.611. The van der Waals surface area contributed by atoms with Gasteiger partial charge in [-0.1, -0.05) is 54.1 Å². The molecule has 1 nitrogen and oxygen atoms in total. The molecule has 2 rings (SSSR count). The van der Waals surface area contributed by atoms with Gasteiger partial charge in [-0.2, -0.15) is 0 Å². The first-order valence-electron chi connectivity index (χ1n) is 7.24. The highest BCUT2D eigenvalue weighted by atomic mass is 14.8. The highest BCUT2D eigenvalue weighted by molar-refractivity contribution is 5.58. The largest absolute Gasteiger partial charge is 0.289 e. The second-order valence-corrected chi connectivity index (χ2v) is 5.09. The Labute approximate surface area is 116 Å². The number of allylic oxidation sites excluding steroid dienone is 3. The molecule has 100 valence electrons. The van der Waals surface area contributed by atoms with Crippen LogP contribution in [-0.2, 0) is 0 Å². The van der Waals surface area contributed by atoms with E-state index >= 15 is 0 Å². The molecule has 1 heterocycles. The van der Waals surface area contributed by atoms with E-state index in [1.54, 1.807) is 0 Å². The first-order chi connectivity index (χ1) is 9.36. The molecule has 0 saturated heterocycles. The number of benzene rings is 1. The number of rotatable bonds is 1. The summed E-state index contributed by atoms with van der Waals surface area (Å²) in [4.78, 5) is 4.76. The first-order valence-corrected chi connectivity index (χ1v) is 7.24. The van der Waals surface area contributed by atoms with Gasteiger partial charge in [0.15, 0.2) is 0 Å². The molecule has 1 aromatic rings. The molecular weight excluding hydrogens is 230 g/mol. The molecule has 0 fully saturated rings. The Hall–Kier alpha value is -1.63. The van der Waals surface area contributed by atoms with Gasteiger partial charge in [0.05, 0.1) is 6.04 Å². The lowest BCUT2D eigenvalue weighted by atomic mass is 10.0. The molecule has 0 N–H and O–H groups in total. The van der Waals surface area contributed by atoms with E-state index in [4.69, 9.17) is 4.99 Å². The van der Waals surface area contributed by atoms with Crippen LogP contribution in [0.3, 0.4) is 0 Å². The van der Waals surface area contributed by atoms with Crippen LogP contribution in [0.5, 0.6) is 0 Å². The maximum absolute atomic E-state index is 4.76. The van der Waals surface area contributed by atoms with Gasteiger partial charge in [-0.25, -0.2) is 0 Å². The molecule has 0 amide bonds. The molecule has 0 aromatic heterocycles. The molecule has 19 heavy (non-hydrogen) atoms. The van der Waals surface area contributed by atoms with E-state index in [0.29, 0.717) is 0 Å². The minimum atomic E-state index is 0.277. The fourth-order valence-electron chi connectivity index (χ4n) is 2.30.